The van der Waals surface area contributed by atoms with E-state index in [4.69, 9.17) is 0 Å². The molecule has 1 aromatic rings. The number of hydrogen-bond donors (Lipinski definition) is 1. The molecule has 1 aromatic heterocycles. The van der Waals surface area contributed by atoms with Gasteiger partial charge in [-0.2, -0.15) is 4.37 Å². The van der Waals surface area contributed by atoms with E-state index in [1.165, 1.54) is 43.6 Å². The highest BCUT2D eigenvalue weighted by Gasteiger charge is 2.17. The highest BCUT2D eigenvalue weighted by molar-refractivity contribution is 7.09. The van der Waals surface area contributed by atoms with Gasteiger partial charge in [0, 0.05) is 24.0 Å². The van der Waals surface area contributed by atoms with Crippen LogP contribution in [0.5, 0.6) is 0 Å². The number of nitrogens with zero attached hydrogens (tertiary/aromatic N) is 2. The standard InChI is InChI=1S/C14H25N3S/c1-10(2)13-16-14(18-17-13)15-9-8-12-6-4-11(3)5-7-12/h10-12H,4-9H2,1-3H3,(H,15,16,17). The zero-order chi connectivity index (χ0) is 13.0. The van der Waals surface area contributed by atoms with Crippen molar-refractivity contribution in [3.63, 3.8) is 0 Å². The van der Waals surface area contributed by atoms with Gasteiger partial charge in [0.25, 0.3) is 0 Å². The summed E-state index contributed by atoms with van der Waals surface area (Å²) in [5, 5.41) is 4.41. The molecular formula is C14H25N3S. The number of hydrogen-bond acceptors (Lipinski definition) is 4. The van der Waals surface area contributed by atoms with Gasteiger partial charge in [0.2, 0.25) is 5.13 Å². The van der Waals surface area contributed by atoms with Gasteiger partial charge in [-0.1, -0.05) is 46.5 Å². The fourth-order valence-corrected chi connectivity index (χ4v) is 3.27. The summed E-state index contributed by atoms with van der Waals surface area (Å²) < 4.78 is 4.36. The highest BCUT2D eigenvalue weighted by atomic mass is 32.1. The maximum absolute atomic E-state index is 4.50. The minimum Gasteiger partial charge on any atom is -0.360 e. The Hall–Kier alpha value is -0.640. The molecule has 0 atom stereocenters. The van der Waals surface area contributed by atoms with Crippen LogP contribution < -0.4 is 5.32 Å². The lowest BCUT2D eigenvalue weighted by atomic mass is 9.81. The van der Waals surface area contributed by atoms with Crippen LogP contribution in [0.4, 0.5) is 5.13 Å². The van der Waals surface area contributed by atoms with Crippen molar-refractivity contribution in [2.75, 3.05) is 11.9 Å². The molecule has 1 N–H and O–H groups in total. The highest BCUT2D eigenvalue weighted by Crippen LogP contribution is 2.30. The topological polar surface area (TPSA) is 37.8 Å². The third kappa shape index (κ3) is 3.94. The maximum Gasteiger partial charge on any atom is 0.202 e. The smallest absolute Gasteiger partial charge is 0.202 e. The van der Waals surface area contributed by atoms with Crippen molar-refractivity contribution in [2.24, 2.45) is 11.8 Å². The minimum atomic E-state index is 0.427. The van der Waals surface area contributed by atoms with Gasteiger partial charge in [0.05, 0.1) is 0 Å². The molecule has 1 saturated carbocycles. The first kappa shape index (κ1) is 13.8. The molecule has 18 heavy (non-hydrogen) atoms. The summed E-state index contributed by atoms with van der Waals surface area (Å²) in [5.74, 6) is 3.27. The van der Waals surface area contributed by atoms with E-state index in [2.05, 4.69) is 35.4 Å². The van der Waals surface area contributed by atoms with Crippen molar-refractivity contribution in [1.29, 1.82) is 0 Å². The molecule has 0 unspecified atom stereocenters. The minimum absolute atomic E-state index is 0.427. The van der Waals surface area contributed by atoms with Crippen molar-refractivity contribution in [2.45, 2.75) is 58.8 Å². The second-order valence-electron chi connectivity index (χ2n) is 5.95. The van der Waals surface area contributed by atoms with E-state index < -0.39 is 0 Å². The third-order valence-corrected chi connectivity index (χ3v) is 4.61. The Kier molecular flexibility index (Phi) is 4.98. The molecule has 1 fully saturated rings. The largest absolute Gasteiger partial charge is 0.360 e. The summed E-state index contributed by atoms with van der Waals surface area (Å²) in [6.45, 7) is 7.69. The average molecular weight is 267 g/mol. The Morgan fingerprint density at radius 1 is 1.28 bits per heavy atom. The SMILES string of the molecule is CC1CCC(CCNc2nc(C(C)C)ns2)CC1. The van der Waals surface area contributed by atoms with Crippen molar-refractivity contribution >= 4 is 16.7 Å². The van der Waals surface area contributed by atoms with Gasteiger partial charge in [-0.15, -0.1) is 0 Å². The zero-order valence-electron chi connectivity index (χ0n) is 11.8. The Balaban J connectivity index is 1.68. The van der Waals surface area contributed by atoms with Crippen LogP contribution in [0, 0.1) is 11.8 Å². The molecule has 1 aliphatic rings. The second-order valence-corrected chi connectivity index (χ2v) is 6.71. The molecule has 0 radical (unpaired) electrons. The summed E-state index contributed by atoms with van der Waals surface area (Å²) in [5.41, 5.74) is 0. The molecule has 0 aliphatic heterocycles. The molecule has 0 bridgehead atoms. The van der Waals surface area contributed by atoms with Crippen LogP contribution >= 0.6 is 11.5 Å². The lowest BCUT2D eigenvalue weighted by molar-refractivity contribution is 0.282. The van der Waals surface area contributed by atoms with Crippen molar-refractivity contribution in [3.05, 3.63) is 5.82 Å². The van der Waals surface area contributed by atoms with Crippen LogP contribution in [-0.4, -0.2) is 15.9 Å². The first-order chi connectivity index (χ1) is 8.65. The first-order valence-corrected chi connectivity index (χ1v) is 8.00. The normalized spacial score (nSPS) is 24.4. The van der Waals surface area contributed by atoms with Gasteiger partial charge in [0.15, 0.2) is 0 Å². The predicted molar refractivity (Wildman–Crippen MR) is 78.2 cm³/mol. The fourth-order valence-electron chi connectivity index (χ4n) is 2.54. The van der Waals surface area contributed by atoms with Crippen LogP contribution in [0.25, 0.3) is 0 Å². The Labute approximate surface area is 115 Å². The van der Waals surface area contributed by atoms with E-state index in [1.54, 1.807) is 0 Å². The average Bonchev–Trinajstić information content (AvgIpc) is 2.81. The number of aromatic nitrogens is 2. The summed E-state index contributed by atoms with van der Waals surface area (Å²) >= 11 is 1.49. The van der Waals surface area contributed by atoms with Gasteiger partial charge in [0.1, 0.15) is 5.82 Å². The van der Waals surface area contributed by atoms with Crippen molar-refractivity contribution < 1.29 is 0 Å². The lowest BCUT2D eigenvalue weighted by Crippen LogP contribution is -2.15. The monoisotopic (exact) mass is 267 g/mol. The molecule has 1 heterocycles. The Morgan fingerprint density at radius 3 is 2.61 bits per heavy atom. The lowest BCUT2D eigenvalue weighted by Gasteiger charge is -2.25. The quantitative estimate of drug-likeness (QED) is 0.864. The van der Waals surface area contributed by atoms with Gasteiger partial charge in [-0.3, -0.25) is 0 Å². The molecule has 0 saturated heterocycles. The molecule has 0 spiro atoms. The van der Waals surface area contributed by atoms with Crippen molar-refractivity contribution in [1.82, 2.24) is 9.36 Å². The molecular weight excluding hydrogens is 242 g/mol. The summed E-state index contributed by atoms with van der Waals surface area (Å²) in [7, 11) is 0. The van der Waals surface area contributed by atoms with Crippen LogP contribution in [0.1, 0.15) is 64.6 Å². The molecule has 4 heteroatoms. The summed E-state index contributed by atoms with van der Waals surface area (Å²) in [6.07, 6.45) is 6.94. The maximum atomic E-state index is 4.50. The van der Waals surface area contributed by atoms with E-state index >= 15 is 0 Å². The number of rotatable bonds is 5. The molecule has 1 aliphatic carbocycles. The Bertz CT molecular complexity index is 354. The molecule has 102 valence electrons. The van der Waals surface area contributed by atoms with Crippen LogP contribution in [-0.2, 0) is 0 Å². The van der Waals surface area contributed by atoms with Crippen LogP contribution in [0.15, 0.2) is 0 Å². The fraction of sp³-hybridized carbons (Fsp3) is 0.857. The van der Waals surface area contributed by atoms with E-state index in [9.17, 15) is 0 Å². The molecule has 3 nitrogen and oxygen atoms in total. The van der Waals surface area contributed by atoms with E-state index in [-0.39, 0.29) is 0 Å². The number of nitrogens with one attached hydrogen (secondary N) is 1. The van der Waals surface area contributed by atoms with Crippen molar-refractivity contribution in [3.8, 4) is 0 Å². The van der Waals surface area contributed by atoms with E-state index in [1.807, 2.05) is 0 Å². The molecule has 0 aromatic carbocycles. The predicted octanol–water partition coefficient (Wildman–Crippen LogP) is 4.29. The number of anilines is 1. The second kappa shape index (κ2) is 6.50. The van der Waals surface area contributed by atoms with Crippen LogP contribution in [0.3, 0.4) is 0 Å². The summed E-state index contributed by atoms with van der Waals surface area (Å²) in [4.78, 5) is 4.50. The Morgan fingerprint density at radius 2 is 2.00 bits per heavy atom. The zero-order valence-corrected chi connectivity index (χ0v) is 12.6. The molecule has 2 rings (SSSR count). The van der Waals surface area contributed by atoms with Crippen LogP contribution in [0.2, 0.25) is 0 Å². The van der Waals surface area contributed by atoms with Gasteiger partial charge < -0.3 is 5.32 Å². The first-order valence-electron chi connectivity index (χ1n) is 7.22. The summed E-state index contributed by atoms with van der Waals surface area (Å²) in [6, 6.07) is 0. The van der Waals surface area contributed by atoms with Gasteiger partial charge in [-0.25, -0.2) is 4.98 Å². The van der Waals surface area contributed by atoms with Gasteiger partial charge in [-0.05, 0) is 18.3 Å². The van der Waals surface area contributed by atoms with E-state index in [0.717, 1.165) is 29.3 Å². The van der Waals surface area contributed by atoms with E-state index in [0.29, 0.717) is 5.92 Å². The van der Waals surface area contributed by atoms with Gasteiger partial charge >= 0.3 is 0 Å². The molecule has 0 amide bonds. The third-order valence-electron chi connectivity index (χ3n) is 3.92.